The molecule has 3 nitrogen and oxygen atoms in total. The second-order valence-corrected chi connectivity index (χ2v) is 6.32. The van der Waals surface area contributed by atoms with E-state index in [-0.39, 0.29) is 5.78 Å². The highest BCUT2D eigenvalue weighted by molar-refractivity contribution is 7.13. The number of rotatable bonds is 7. The lowest BCUT2D eigenvalue weighted by Crippen LogP contribution is -2.23. The molecule has 1 unspecified atom stereocenters. The second-order valence-electron chi connectivity index (χ2n) is 5.48. The van der Waals surface area contributed by atoms with Crippen molar-refractivity contribution in [2.45, 2.75) is 26.7 Å². The monoisotopic (exact) mass is 302 g/mol. The van der Waals surface area contributed by atoms with Crippen LogP contribution in [-0.4, -0.2) is 24.4 Å². The highest BCUT2D eigenvalue weighted by atomic mass is 32.1. The van der Waals surface area contributed by atoms with Crippen LogP contribution >= 0.6 is 11.3 Å². The summed E-state index contributed by atoms with van der Waals surface area (Å²) in [6, 6.07) is 9.40. The molecule has 0 aliphatic carbocycles. The van der Waals surface area contributed by atoms with E-state index in [2.05, 4.69) is 30.8 Å². The fourth-order valence-corrected chi connectivity index (χ4v) is 2.92. The normalized spacial score (nSPS) is 12.1. The fourth-order valence-electron chi connectivity index (χ4n) is 2.12. The zero-order valence-electron chi connectivity index (χ0n) is 12.9. The van der Waals surface area contributed by atoms with Gasteiger partial charge in [0.2, 0.25) is 0 Å². The number of Topliss-reactive ketones (excluding diaryl/α,β-unsaturated/α-hetero) is 1. The Balaban J connectivity index is 1.98. The van der Waals surface area contributed by atoms with Gasteiger partial charge in [0.25, 0.3) is 0 Å². The first kappa shape index (κ1) is 15.7. The van der Waals surface area contributed by atoms with Gasteiger partial charge in [0.15, 0.2) is 10.9 Å². The highest BCUT2D eigenvalue weighted by Crippen LogP contribution is 2.21. The standard InChI is InChI=1S/C17H22N2OS/c1-4-13(2)11-19(3)17-18-15(12-21-17)10-16(20)14-8-6-5-7-9-14/h5-9,12-13H,4,10-11H2,1-3H3. The van der Waals surface area contributed by atoms with Gasteiger partial charge in [-0.2, -0.15) is 0 Å². The van der Waals surface area contributed by atoms with Gasteiger partial charge in [0.1, 0.15) is 0 Å². The molecule has 2 aromatic rings. The maximum atomic E-state index is 12.2. The first-order chi connectivity index (χ1) is 10.1. The number of thiazole rings is 1. The van der Waals surface area contributed by atoms with Crippen molar-refractivity contribution in [1.82, 2.24) is 4.98 Å². The van der Waals surface area contributed by atoms with E-state index in [1.165, 1.54) is 0 Å². The molecule has 0 aliphatic heterocycles. The maximum Gasteiger partial charge on any atom is 0.185 e. The zero-order chi connectivity index (χ0) is 15.2. The summed E-state index contributed by atoms with van der Waals surface area (Å²) in [5.74, 6) is 0.769. The molecule has 0 N–H and O–H groups in total. The first-order valence-corrected chi connectivity index (χ1v) is 8.22. The molecule has 0 fully saturated rings. The Morgan fingerprint density at radius 3 is 2.71 bits per heavy atom. The maximum absolute atomic E-state index is 12.2. The largest absolute Gasteiger partial charge is 0.351 e. The third-order valence-corrected chi connectivity index (χ3v) is 4.59. The summed E-state index contributed by atoms with van der Waals surface area (Å²) in [6.07, 6.45) is 1.53. The molecule has 0 spiro atoms. The fraction of sp³-hybridized carbons (Fsp3) is 0.412. The number of benzene rings is 1. The number of hydrogen-bond acceptors (Lipinski definition) is 4. The first-order valence-electron chi connectivity index (χ1n) is 7.34. The average Bonchev–Trinajstić information content (AvgIpc) is 2.96. The van der Waals surface area contributed by atoms with Gasteiger partial charge in [0.05, 0.1) is 12.1 Å². The van der Waals surface area contributed by atoms with Crippen LogP contribution in [-0.2, 0) is 6.42 Å². The lowest BCUT2D eigenvalue weighted by atomic mass is 10.1. The van der Waals surface area contributed by atoms with Crippen LogP contribution in [0.25, 0.3) is 0 Å². The molecule has 1 aromatic carbocycles. The molecule has 1 atom stereocenters. The van der Waals surface area contributed by atoms with Crippen molar-refractivity contribution in [2.24, 2.45) is 5.92 Å². The van der Waals surface area contributed by atoms with Crippen molar-refractivity contribution in [3.8, 4) is 0 Å². The predicted octanol–water partition coefficient (Wildman–Crippen LogP) is 4.05. The van der Waals surface area contributed by atoms with Crippen LogP contribution in [0.5, 0.6) is 0 Å². The molecule has 1 heterocycles. The van der Waals surface area contributed by atoms with Crippen LogP contribution in [0.15, 0.2) is 35.7 Å². The highest BCUT2D eigenvalue weighted by Gasteiger charge is 2.13. The number of carbonyl (C=O) groups excluding carboxylic acids is 1. The number of hydrogen-bond donors (Lipinski definition) is 0. The third kappa shape index (κ3) is 4.39. The molecule has 0 radical (unpaired) electrons. The Hall–Kier alpha value is -1.68. The molecule has 0 amide bonds. The van der Waals surface area contributed by atoms with Crippen molar-refractivity contribution in [1.29, 1.82) is 0 Å². The molecule has 0 bridgehead atoms. The van der Waals surface area contributed by atoms with Crippen LogP contribution in [0.4, 0.5) is 5.13 Å². The van der Waals surface area contributed by atoms with E-state index >= 15 is 0 Å². The Morgan fingerprint density at radius 2 is 2.05 bits per heavy atom. The van der Waals surface area contributed by atoms with Gasteiger partial charge in [-0.1, -0.05) is 50.6 Å². The molecular weight excluding hydrogens is 280 g/mol. The molecule has 2 rings (SSSR count). The van der Waals surface area contributed by atoms with E-state index in [1.54, 1.807) is 11.3 Å². The summed E-state index contributed by atoms with van der Waals surface area (Å²) < 4.78 is 0. The van der Waals surface area contributed by atoms with E-state index in [4.69, 9.17) is 0 Å². The van der Waals surface area contributed by atoms with Gasteiger partial charge in [-0.05, 0) is 5.92 Å². The van der Waals surface area contributed by atoms with Crippen molar-refractivity contribution >= 4 is 22.3 Å². The van der Waals surface area contributed by atoms with Crippen molar-refractivity contribution < 1.29 is 4.79 Å². The summed E-state index contributed by atoms with van der Waals surface area (Å²) in [5.41, 5.74) is 1.61. The van der Waals surface area contributed by atoms with E-state index < -0.39 is 0 Å². The summed E-state index contributed by atoms with van der Waals surface area (Å²) in [6.45, 7) is 5.43. The molecule has 21 heavy (non-hydrogen) atoms. The number of ketones is 1. The molecular formula is C17H22N2OS. The van der Waals surface area contributed by atoms with Crippen molar-refractivity contribution in [3.63, 3.8) is 0 Å². The number of anilines is 1. The van der Waals surface area contributed by atoms with E-state index in [0.29, 0.717) is 12.3 Å². The summed E-state index contributed by atoms with van der Waals surface area (Å²) in [4.78, 5) is 18.9. The lowest BCUT2D eigenvalue weighted by molar-refractivity contribution is 0.0992. The van der Waals surface area contributed by atoms with Gasteiger partial charge in [-0.25, -0.2) is 4.98 Å². The minimum atomic E-state index is 0.122. The van der Waals surface area contributed by atoms with Gasteiger partial charge in [-0.15, -0.1) is 11.3 Å². The number of carbonyl (C=O) groups is 1. The van der Waals surface area contributed by atoms with Crippen molar-refractivity contribution in [2.75, 3.05) is 18.5 Å². The van der Waals surface area contributed by atoms with Crippen LogP contribution < -0.4 is 4.90 Å². The Kier molecular flexibility index (Phi) is 5.51. The van der Waals surface area contributed by atoms with Crippen molar-refractivity contribution in [3.05, 3.63) is 47.0 Å². The van der Waals surface area contributed by atoms with Gasteiger partial charge >= 0.3 is 0 Å². The minimum absolute atomic E-state index is 0.122. The Labute approximate surface area is 130 Å². The van der Waals surface area contributed by atoms with Crippen LogP contribution in [0.2, 0.25) is 0 Å². The van der Waals surface area contributed by atoms with Gasteiger partial charge in [0, 0.05) is 24.5 Å². The molecule has 4 heteroatoms. The van der Waals surface area contributed by atoms with E-state index in [0.717, 1.165) is 29.4 Å². The second kappa shape index (κ2) is 7.36. The molecule has 0 saturated carbocycles. The SMILES string of the molecule is CCC(C)CN(C)c1nc(CC(=O)c2ccccc2)cs1. The summed E-state index contributed by atoms with van der Waals surface area (Å²) >= 11 is 1.61. The van der Waals surface area contributed by atoms with Gasteiger partial charge < -0.3 is 4.90 Å². The predicted molar refractivity (Wildman–Crippen MR) is 89.3 cm³/mol. The van der Waals surface area contributed by atoms with Crippen LogP contribution in [0.1, 0.15) is 36.3 Å². The Bertz CT molecular complexity index is 579. The molecule has 0 aliphatic rings. The topological polar surface area (TPSA) is 33.2 Å². The van der Waals surface area contributed by atoms with E-state index in [1.807, 2.05) is 35.7 Å². The molecule has 112 valence electrons. The number of aromatic nitrogens is 1. The Morgan fingerprint density at radius 1 is 1.33 bits per heavy atom. The van der Waals surface area contributed by atoms with E-state index in [9.17, 15) is 4.79 Å². The zero-order valence-corrected chi connectivity index (χ0v) is 13.7. The van der Waals surface area contributed by atoms with Gasteiger partial charge in [-0.3, -0.25) is 4.79 Å². The summed E-state index contributed by atoms with van der Waals surface area (Å²) in [7, 11) is 2.06. The lowest BCUT2D eigenvalue weighted by Gasteiger charge is -2.19. The average molecular weight is 302 g/mol. The minimum Gasteiger partial charge on any atom is -0.351 e. The third-order valence-electron chi connectivity index (χ3n) is 3.59. The quantitative estimate of drug-likeness (QED) is 0.723. The summed E-state index contributed by atoms with van der Waals surface area (Å²) in [5, 5.41) is 2.98. The van der Waals surface area contributed by atoms with Crippen LogP contribution in [0, 0.1) is 5.92 Å². The number of nitrogens with zero attached hydrogens (tertiary/aromatic N) is 2. The van der Waals surface area contributed by atoms with Crippen LogP contribution in [0.3, 0.4) is 0 Å². The molecule has 1 aromatic heterocycles. The molecule has 0 saturated heterocycles. The smallest absolute Gasteiger partial charge is 0.185 e.